The predicted octanol–water partition coefficient (Wildman–Crippen LogP) is 1.77. The highest BCUT2D eigenvalue weighted by molar-refractivity contribution is 5.79. The predicted molar refractivity (Wildman–Crippen MR) is 54.2 cm³/mol. The van der Waals surface area contributed by atoms with Crippen LogP contribution in [-0.2, 0) is 17.6 Å². The quantitative estimate of drug-likeness (QED) is 0.715. The van der Waals surface area contributed by atoms with Crippen LogP contribution in [0.5, 0.6) is 0 Å². The Labute approximate surface area is 84.1 Å². The zero-order chi connectivity index (χ0) is 10.3. The van der Waals surface area contributed by atoms with Gasteiger partial charge in [-0.1, -0.05) is 0 Å². The first kappa shape index (κ1) is 9.44. The highest BCUT2D eigenvalue weighted by Crippen LogP contribution is 2.28. The number of hydrogen-bond acceptors (Lipinski definition) is 2. The third-order valence-corrected chi connectivity index (χ3v) is 2.96. The number of carbonyl (C=O) groups is 1. The molecule has 3 nitrogen and oxygen atoms in total. The van der Waals surface area contributed by atoms with E-state index in [0.717, 1.165) is 12.8 Å². The largest absolute Gasteiger partial charge is 0.300 e. The van der Waals surface area contributed by atoms with Gasteiger partial charge >= 0.3 is 0 Å². The maximum atomic E-state index is 11.3. The van der Waals surface area contributed by atoms with Crippen LogP contribution in [0, 0.1) is 5.92 Å². The van der Waals surface area contributed by atoms with E-state index >= 15 is 0 Å². The summed E-state index contributed by atoms with van der Waals surface area (Å²) >= 11 is 0. The van der Waals surface area contributed by atoms with E-state index in [-0.39, 0.29) is 5.92 Å². The minimum Gasteiger partial charge on any atom is -0.300 e. The van der Waals surface area contributed by atoms with Crippen LogP contribution in [0.1, 0.15) is 38.1 Å². The molecule has 0 saturated carbocycles. The smallest absolute Gasteiger partial charge is 0.133 e. The Morgan fingerprint density at radius 2 is 2.29 bits per heavy atom. The van der Waals surface area contributed by atoms with Gasteiger partial charge in [-0.25, -0.2) is 0 Å². The highest BCUT2D eigenvalue weighted by Gasteiger charge is 2.28. The molecule has 1 aliphatic carbocycles. The summed E-state index contributed by atoms with van der Waals surface area (Å²) in [6, 6.07) is 0.393. The van der Waals surface area contributed by atoms with Crippen LogP contribution in [0.25, 0.3) is 0 Å². The molecule has 0 aliphatic heterocycles. The molecule has 1 unspecified atom stereocenters. The Bertz CT molecular complexity index is 365. The van der Waals surface area contributed by atoms with Crippen molar-refractivity contribution in [2.75, 3.05) is 0 Å². The van der Waals surface area contributed by atoms with Crippen LogP contribution in [-0.4, -0.2) is 15.6 Å². The number of aromatic nitrogens is 2. The van der Waals surface area contributed by atoms with Crippen molar-refractivity contribution in [1.29, 1.82) is 0 Å². The summed E-state index contributed by atoms with van der Waals surface area (Å²) < 4.78 is 2.04. The lowest BCUT2D eigenvalue weighted by atomic mass is 10.0. The van der Waals surface area contributed by atoms with E-state index in [1.54, 1.807) is 6.92 Å². The number of rotatable bonds is 2. The number of nitrogens with zero attached hydrogens (tertiary/aromatic N) is 2. The molecule has 1 heterocycles. The average molecular weight is 192 g/mol. The summed E-state index contributed by atoms with van der Waals surface area (Å²) in [6.07, 6.45) is 3.68. The van der Waals surface area contributed by atoms with Gasteiger partial charge in [0, 0.05) is 17.7 Å². The average Bonchev–Trinajstić information content (AvgIpc) is 2.58. The molecule has 0 saturated heterocycles. The minimum absolute atomic E-state index is 0.202. The minimum atomic E-state index is 0.202. The van der Waals surface area contributed by atoms with Crippen LogP contribution < -0.4 is 0 Å². The molecule has 1 atom stereocenters. The van der Waals surface area contributed by atoms with Gasteiger partial charge in [-0.2, -0.15) is 5.10 Å². The van der Waals surface area contributed by atoms with Gasteiger partial charge in [0.25, 0.3) is 0 Å². The van der Waals surface area contributed by atoms with Crippen molar-refractivity contribution in [3.63, 3.8) is 0 Å². The van der Waals surface area contributed by atoms with Gasteiger partial charge in [0.05, 0.1) is 6.20 Å². The van der Waals surface area contributed by atoms with Gasteiger partial charge in [0.1, 0.15) is 5.78 Å². The molecule has 0 amide bonds. The second kappa shape index (κ2) is 3.23. The van der Waals surface area contributed by atoms with E-state index in [4.69, 9.17) is 0 Å². The van der Waals surface area contributed by atoms with E-state index in [2.05, 4.69) is 18.9 Å². The summed E-state index contributed by atoms with van der Waals surface area (Å²) in [5.74, 6) is 0.504. The van der Waals surface area contributed by atoms with Crippen molar-refractivity contribution < 1.29 is 4.79 Å². The molecular formula is C11H16N2O. The molecule has 0 aromatic carbocycles. The number of Topliss-reactive ketones (excluding diaryl/α,β-unsaturated/α-hetero) is 1. The summed E-state index contributed by atoms with van der Waals surface area (Å²) in [6.45, 7) is 5.92. The fourth-order valence-electron chi connectivity index (χ4n) is 2.12. The van der Waals surface area contributed by atoms with Gasteiger partial charge in [-0.3, -0.25) is 9.48 Å². The summed E-state index contributed by atoms with van der Waals surface area (Å²) in [4.78, 5) is 11.3. The lowest BCUT2D eigenvalue weighted by Gasteiger charge is -2.10. The molecule has 0 bridgehead atoms. The number of carbonyl (C=O) groups excluding carboxylic acids is 1. The third kappa shape index (κ3) is 1.37. The molecule has 76 valence electrons. The van der Waals surface area contributed by atoms with E-state index in [1.807, 2.05) is 10.9 Å². The Kier molecular flexibility index (Phi) is 2.17. The number of hydrogen-bond donors (Lipinski definition) is 0. The first-order valence-corrected chi connectivity index (χ1v) is 5.15. The van der Waals surface area contributed by atoms with Crippen molar-refractivity contribution in [3.8, 4) is 0 Å². The normalized spacial score (nSPS) is 20.1. The second-order valence-electron chi connectivity index (χ2n) is 4.37. The van der Waals surface area contributed by atoms with Gasteiger partial charge in [-0.15, -0.1) is 0 Å². The van der Waals surface area contributed by atoms with Crippen LogP contribution >= 0.6 is 0 Å². The fourth-order valence-corrected chi connectivity index (χ4v) is 2.12. The standard InChI is InChI=1S/C11H16N2O/c1-7(2)13-11-5-9(8(3)14)4-10(11)6-12-13/h6-7,9H,4-5H2,1-3H3. The second-order valence-corrected chi connectivity index (χ2v) is 4.37. The molecule has 1 aromatic heterocycles. The fraction of sp³-hybridized carbons (Fsp3) is 0.636. The van der Waals surface area contributed by atoms with Crippen LogP contribution in [0.4, 0.5) is 0 Å². The number of fused-ring (bicyclic) bond motifs is 1. The first-order valence-electron chi connectivity index (χ1n) is 5.15. The van der Waals surface area contributed by atoms with E-state index < -0.39 is 0 Å². The van der Waals surface area contributed by atoms with Crippen molar-refractivity contribution in [2.45, 2.75) is 39.7 Å². The van der Waals surface area contributed by atoms with Crippen LogP contribution in [0.15, 0.2) is 6.20 Å². The van der Waals surface area contributed by atoms with Crippen LogP contribution in [0.2, 0.25) is 0 Å². The molecule has 2 rings (SSSR count). The van der Waals surface area contributed by atoms with E-state index in [9.17, 15) is 4.79 Å². The topological polar surface area (TPSA) is 34.9 Å². The SMILES string of the molecule is CC(=O)C1Cc2cnn(C(C)C)c2C1. The van der Waals surface area contributed by atoms with Crippen molar-refractivity contribution in [2.24, 2.45) is 5.92 Å². The van der Waals surface area contributed by atoms with Gasteiger partial charge in [-0.05, 0) is 39.2 Å². The maximum Gasteiger partial charge on any atom is 0.133 e. The lowest BCUT2D eigenvalue weighted by Crippen LogP contribution is -2.13. The Hall–Kier alpha value is -1.12. The summed E-state index contributed by atoms with van der Waals surface area (Å²) in [5.41, 5.74) is 2.53. The molecule has 0 spiro atoms. The van der Waals surface area contributed by atoms with E-state index in [0.29, 0.717) is 11.8 Å². The molecule has 14 heavy (non-hydrogen) atoms. The molecule has 1 aromatic rings. The summed E-state index contributed by atoms with van der Waals surface area (Å²) in [7, 11) is 0. The Balaban J connectivity index is 2.28. The monoisotopic (exact) mass is 192 g/mol. The van der Waals surface area contributed by atoms with Crippen molar-refractivity contribution >= 4 is 5.78 Å². The molecule has 1 aliphatic rings. The molecule has 3 heteroatoms. The molecular weight excluding hydrogens is 176 g/mol. The number of ketones is 1. The molecule has 0 N–H and O–H groups in total. The van der Waals surface area contributed by atoms with Crippen molar-refractivity contribution in [1.82, 2.24) is 9.78 Å². The van der Waals surface area contributed by atoms with Gasteiger partial charge < -0.3 is 0 Å². The first-order chi connectivity index (χ1) is 6.59. The van der Waals surface area contributed by atoms with Gasteiger partial charge in [0.15, 0.2) is 0 Å². The van der Waals surface area contributed by atoms with Gasteiger partial charge in [0.2, 0.25) is 0 Å². The lowest BCUT2D eigenvalue weighted by molar-refractivity contribution is -0.120. The molecule has 0 radical (unpaired) electrons. The van der Waals surface area contributed by atoms with E-state index in [1.165, 1.54) is 11.3 Å². The summed E-state index contributed by atoms with van der Waals surface area (Å²) in [5, 5.41) is 4.34. The highest BCUT2D eigenvalue weighted by atomic mass is 16.1. The third-order valence-electron chi connectivity index (χ3n) is 2.96. The molecule has 0 fully saturated rings. The van der Waals surface area contributed by atoms with Crippen molar-refractivity contribution in [3.05, 3.63) is 17.5 Å². The Morgan fingerprint density at radius 1 is 1.57 bits per heavy atom. The maximum absolute atomic E-state index is 11.3. The zero-order valence-electron chi connectivity index (χ0n) is 8.95. The Morgan fingerprint density at radius 3 is 2.86 bits per heavy atom. The van der Waals surface area contributed by atoms with Crippen LogP contribution in [0.3, 0.4) is 0 Å². The zero-order valence-corrected chi connectivity index (χ0v) is 8.95.